The third kappa shape index (κ3) is 30.3. The first-order chi connectivity index (χ1) is 37.6. The molecule has 0 radical (unpaired) electrons. The molecule has 0 aliphatic heterocycles. The molecule has 0 unspecified atom stereocenters. The van der Waals surface area contributed by atoms with Crippen LogP contribution in [0.15, 0.2) is 58.5 Å². The summed E-state index contributed by atoms with van der Waals surface area (Å²) in [6, 6.07) is 12.6. The van der Waals surface area contributed by atoms with Gasteiger partial charge in [-0.3, -0.25) is 57.9 Å². The van der Waals surface area contributed by atoms with Gasteiger partial charge in [-0.15, -0.1) is 45.3 Å². The fourth-order valence-corrected chi connectivity index (χ4v) is 9.97. The number of thiophene rings is 4. The number of amides is 6. The van der Waals surface area contributed by atoms with Crippen molar-refractivity contribution in [2.24, 2.45) is 38.8 Å². The van der Waals surface area contributed by atoms with E-state index in [1.54, 1.807) is 43.4 Å². The average Bonchev–Trinajstić information content (AvgIpc) is 4.24. The van der Waals surface area contributed by atoms with E-state index < -0.39 is 91.2 Å². The first-order valence-corrected chi connectivity index (χ1v) is 28.0. The first kappa shape index (κ1) is 70.1. The molecular formula is C50H72N12O14S4. The van der Waals surface area contributed by atoms with Crippen LogP contribution < -0.4 is 54.8 Å². The Morgan fingerprint density at radius 1 is 0.487 bits per heavy atom. The number of guanidine groups is 2. The summed E-state index contributed by atoms with van der Waals surface area (Å²) in [6.07, 6.45) is 3.01. The number of unbranched alkanes of at least 4 members (excludes halogenated alkanes) is 1. The molecule has 30 heteroatoms. The molecule has 4 rings (SSSR count). The van der Waals surface area contributed by atoms with Gasteiger partial charge in [0.05, 0.1) is 31.8 Å². The summed E-state index contributed by atoms with van der Waals surface area (Å²) < 4.78 is 0. The summed E-state index contributed by atoms with van der Waals surface area (Å²) in [5.74, 6) is -7.44. The van der Waals surface area contributed by atoms with E-state index in [-0.39, 0.29) is 56.0 Å². The van der Waals surface area contributed by atoms with Crippen LogP contribution >= 0.6 is 45.3 Å². The van der Waals surface area contributed by atoms with E-state index in [4.69, 9.17) is 43.4 Å². The molecule has 0 spiro atoms. The van der Waals surface area contributed by atoms with Crippen molar-refractivity contribution in [2.75, 3.05) is 32.7 Å². The van der Waals surface area contributed by atoms with Crippen LogP contribution in [-0.4, -0.2) is 143 Å². The maximum Gasteiger partial charge on any atom is 0.325 e. The Hall–Kier alpha value is -7.96. The quantitative estimate of drug-likeness (QED) is 0.0220. The van der Waals surface area contributed by atoms with Crippen molar-refractivity contribution in [3.05, 3.63) is 58.3 Å². The Balaban J connectivity index is 0.00000143. The van der Waals surface area contributed by atoms with Crippen LogP contribution in [0.3, 0.4) is 0 Å². The zero-order chi connectivity index (χ0) is 60.5. The van der Waals surface area contributed by atoms with Gasteiger partial charge in [-0.05, 0) is 81.6 Å². The number of nitrogens with zero attached hydrogens (tertiary/aromatic N) is 2. The van der Waals surface area contributed by atoms with Gasteiger partial charge in [0.1, 0.15) is 24.7 Å². The molecule has 0 saturated heterocycles. The molecule has 0 aliphatic carbocycles. The van der Waals surface area contributed by atoms with Crippen LogP contribution in [0.2, 0.25) is 0 Å². The van der Waals surface area contributed by atoms with E-state index >= 15 is 0 Å². The zero-order valence-corrected chi connectivity index (χ0v) is 48.4. The SMILES string of the molecule is CC(C)C(=O)O.CCC(=O)O.CCCCN=C(N)N.C[C@H](NC(=O)CNC(=O)[C@H](CCCN=C(N)N)NC(=O)Cc1ccc(-c2ccc(-c3ccc(-c4ccc(CC(=O)N[C@@H](C)C(=O)NCC(=O)NCC(=O)O)s4)s3)s2)s1)C(=O)O. The van der Waals surface area contributed by atoms with Crippen LogP contribution in [0.1, 0.15) is 83.4 Å². The van der Waals surface area contributed by atoms with Gasteiger partial charge >= 0.3 is 23.9 Å². The van der Waals surface area contributed by atoms with E-state index in [1.165, 1.54) is 36.5 Å². The normalized spacial score (nSPS) is 11.3. The summed E-state index contributed by atoms with van der Waals surface area (Å²) in [6.45, 7) is 9.26. The lowest BCUT2D eigenvalue weighted by Crippen LogP contribution is -2.50. The zero-order valence-electron chi connectivity index (χ0n) is 45.1. The van der Waals surface area contributed by atoms with Gasteiger partial charge in [0.15, 0.2) is 11.9 Å². The molecule has 0 fully saturated rings. The molecule has 80 heavy (non-hydrogen) atoms. The number of nitrogens with one attached hydrogen (secondary N) is 6. The Morgan fingerprint density at radius 3 is 1.30 bits per heavy atom. The molecule has 4 aromatic heterocycles. The number of aliphatic carboxylic acids is 4. The number of rotatable bonds is 28. The van der Waals surface area contributed by atoms with Crippen LogP contribution in [0.25, 0.3) is 29.3 Å². The van der Waals surface area contributed by atoms with E-state index in [2.05, 4.69) is 48.8 Å². The topological polar surface area (TPSA) is 453 Å². The third-order valence-corrected chi connectivity index (χ3v) is 14.9. The molecule has 18 N–H and O–H groups in total. The van der Waals surface area contributed by atoms with Gasteiger partial charge in [0.25, 0.3) is 0 Å². The lowest BCUT2D eigenvalue weighted by Gasteiger charge is -2.18. The molecule has 0 aromatic carbocycles. The molecule has 0 saturated carbocycles. The van der Waals surface area contributed by atoms with Gasteiger partial charge in [0.2, 0.25) is 35.4 Å². The van der Waals surface area contributed by atoms with Crippen molar-refractivity contribution >= 4 is 117 Å². The van der Waals surface area contributed by atoms with Crippen LogP contribution in [0.5, 0.6) is 0 Å². The third-order valence-electron chi connectivity index (χ3n) is 9.93. The number of nitrogens with two attached hydrogens (primary N) is 4. The first-order valence-electron chi connectivity index (χ1n) is 24.7. The second-order valence-electron chi connectivity index (χ2n) is 17.2. The van der Waals surface area contributed by atoms with Crippen molar-refractivity contribution in [2.45, 2.75) is 105 Å². The molecule has 4 heterocycles. The summed E-state index contributed by atoms with van der Waals surface area (Å²) in [5.41, 5.74) is 20.9. The number of carboxylic acids is 4. The second-order valence-corrected chi connectivity index (χ2v) is 21.7. The number of hydrogen-bond acceptors (Lipinski definition) is 16. The second kappa shape index (κ2) is 37.8. The summed E-state index contributed by atoms with van der Waals surface area (Å²) in [7, 11) is 0. The van der Waals surface area contributed by atoms with E-state index in [0.29, 0.717) is 6.42 Å². The fourth-order valence-electron chi connectivity index (χ4n) is 5.68. The molecule has 26 nitrogen and oxygen atoms in total. The fraction of sp³-hybridized carbons (Fsp3) is 0.440. The highest BCUT2D eigenvalue weighted by Gasteiger charge is 2.23. The predicted molar refractivity (Wildman–Crippen MR) is 309 cm³/mol. The summed E-state index contributed by atoms with van der Waals surface area (Å²) >= 11 is 6.10. The molecule has 440 valence electrons. The molecule has 0 aliphatic rings. The Kier molecular flexibility index (Phi) is 33.1. The summed E-state index contributed by atoms with van der Waals surface area (Å²) in [5, 5.41) is 47.8. The molecule has 4 aromatic rings. The largest absolute Gasteiger partial charge is 0.481 e. The van der Waals surface area contributed by atoms with Gasteiger partial charge in [-0.25, -0.2) is 0 Å². The van der Waals surface area contributed by atoms with Crippen molar-refractivity contribution in [1.82, 2.24) is 31.9 Å². The summed E-state index contributed by atoms with van der Waals surface area (Å²) in [4.78, 5) is 131. The standard InChI is InChI=1S/C38H45N9O10S4.C5H13N3.C4H8O2.C3H6O2/c1-19(35(54)43-16-32(50)42-18-34(52)53)45-30(48)14-21-5-7-24(58-21)26-9-11-28(60-26)29-12-10-27(61-29)25-8-6-22(59-25)15-31(49)47-23(4-3-13-41-38(39)40)36(55)44-17-33(51)46-20(2)37(56)57;1-2-3-4-8-5(6)7;1-3(2)4(5)6;1-2-3(4)5/h5-12,19-20,23H,3-4,13-18H2,1-2H3,(H,42,50)(H,43,54)(H,44,55)(H,45,48)(H,46,51)(H,47,49)(H,52,53)(H,56,57)(H4,39,40,41);2-4H2,1H3,(H4,6,7,8);3H,1-2H3,(H,5,6);2H2,1H3,(H,4,5)/t19-,20-,23-;;;/m0.../s1. The lowest BCUT2D eigenvalue weighted by atomic mass is 10.1. The monoisotopic (exact) mass is 1190 g/mol. The number of hydrogen-bond donors (Lipinski definition) is 14. The van der Waals surface area contributed by atoms with Crippen molar-refractivity contribution in [1.29, 1.82) is 0 Å². The van der Waals surface area contributed by atoms with Crippen molar-refractivity contribution < 1.29 is 68.4 Å². The number of aliphatic imine (C=N–C) groups is 2. The van der Waals surface area contributed by atoms with Gasteiger partial charge in [-0.1, -0.05) is 34.1 Å². The minimum absolute atomic E-state index is 0.00194. The minimum atomic E-state index is -1.23. The molecule has 3 atom stereocenters. The number of carboxylic acid groups (broad SMARTS) is 4. The van der Waals surface area contributed by atoms with Gasteiger partial charge in [-0.2, -0.15) is 0 Å². The highest BCUT2D eigenvalue weighted by atomic mass is 32.1. The van der Waals surface area contributed by atoms with E-state index in [9.17, 15) is 47.9 Å². The Labute approximate surface area is 478 Å². The molecular weight excluding hydrogens is 1120 g/mol. The maximum atomic E-state index is 13.1. The number of carbonyl (C=O) groups excluding carboxylic acids is 6. The number of carbonyl (C=O) groups is 10. The van der Waals surface area contributed by atoms with Crippen LogP contribution in [-0.2, 0) is 60.8 Å². The predicted octanol–water partition coefficient (Wildman–Crippen LogP) is 2.35. The van der Waals surface area contributed by atoms with E-state index in [1.807, 2.05) is 48.5 Å². The minimum Gasteiger partial charge on any atom is -0.481 e. The van der Waals surface area contributed by atoms with E-state index in [0.717, 1.165) is 58.4 Å². The van der Waals surface area contributed by atoms with Gasteiger partial charge in [0, 0.05) is 58.5 Å². The van der Waals surface area contributed by atoms with Crippen LogP contribution in [0, 0.1) is 5.92 Å². The highest BCUT2D eigenvalue weighted by Crippen LogP contribution is 2.43. The Morgan fingerprint density at radius 2 is 0.887 bits per heavy atom. The molecule has 0 bridgehead atoms. The smallest absolute Gasteiger partial charge is 0.325 e. The maximum absolute atomic E-state index is 13.1. The Bertz CT molecular complexity index is 2740. The highest BCUT2D eigenvalue weighted by molar-refractivity contribution is 7.28. The van der Waals surface area contributed by atoms with Crippen molar-refractivity contribution in [3.8, 4) is 29.3 Å². The lowest BCUT2D eigenvalue weighted by molar-refractivity contribution is -0.141. The van der Waals surface area contributed by atoms with Crippen LogP contribution in [0.4, 0.5) is 0 Å². The molecule has 6 amide bonds. The van der Waals surface area contributed by atoms with Gasteiger partial charge < -0.3 is 75.3 Å². The average molecular weight is 1190 g/mol. The van der Waals surface area contributed by atoms with Crippen molar-refractivity contribution in [3.63, 3.8) is 0 Å².